The third-order valence-corrected chi connectivity index (χ3v) is 8.36. The van der Waals surface area contributed by atoms with Gasteiger partial charge >= 0.3 is 0 Å². The lowest BCUT2D eigenvalue weighted by molar-refractivity contribution is 1.18. The molecule has 0 amide bonds. The summed E-state index contributed by atoms with van der Waals surface area (Å²) in [6.07, 6.45) is 0. The molecule has 0 fully saturated rings. The van der Waals surface area contributed by atoms with Gasteiger partial charge in [-0.2, -0.15) is 0 Å². The molecule has 0 atom stereocenters. The van der Waals surface area contributed by atoms with E-state index in [-0.39, 0.29) is 0 Å². The Morgan fingerprint density at radius 3 is 1.45 bits per heavy atom. The molecule has 44 heavy (non-hydrogen) atoms. The molecule has 0 unspecified atom stereocenters. The van der Waals surface area contributed by atoms with Gasteiger partial charge in [0.1, 0.15) is 0 Å². The highest BCUT2D eigenvalue weighted by molar-refractivity contribution is 6.11. The number of aromatic nitrogens is 1. The topological polar surface area (TPSA) is 8.17 Å². The first-order valence-corrected chi connectivity index (χ1v) is 15.0. The molecule has 0 aliphatic carbocycles. The molecule has 1 heterocycles. The normalized spacial score (nSPS) is 11.2. The summed E-state index contributed by atoms with van der Waals surface area (Å²) in [5, 5.41) is 2.48. The van der Waals surface area contributed by atoms with E-state index in [0.29, 0.717) is 0 Å². The number of rotatable bonds is 6. The number of fused-ring (bicyclic) bond motifs is 3. The van der Waals surface area contributed by atoms with Crippen LogP contribution in [0, 0.1) is 0 Å². The van der Waals surface area contributed by atoms with Crippen LogP contribution < -0.4 is 4.90 Å². The van der Waals surface area contributed by atoms with Crippen LogP contribution in [0.5, 0.6) is 0 Å². The minimum Gasteiger partial charge on any atom is -0.310 e. The zero-order valence-electron chi connectivity index (χ0n) is 24.2. The SMILES string of the molecule is c1ccc(-c2cccc(N(c3ccccc3)c3ccc4c5ccc(-c6ccccc6)cc5n(-c5ccccc5)c4c3)c2)cc1. The smallest absolute Gasteiger partial charge is 0.0561 e. The van der Waals surface area contributed by atoms with E-state index >= 15 is 0 Å². The summed E-state index contributed by atoms with van der Waals surface area (Å²) in [6.45, 7) is 0. The van der Waals surface area contributed by atoms with Crippen molar-refractivity contribution in [1.82, 2.24) is 4.57 Å². The highest BCUT2D eigenvalue weighted by Gasteiger charge is 2.18. The summed E-state index contributed by atoms with van der Waals surface area (Å²) in [5.74, 6) is 0. The Hall–Kier alpha value is -5.86. The van der Waals surface area contributed by atoms with Crippen molar-refractivity contribution in [1.29, 1.82) is 0 Å². The maximum Gasteiger partial charge on any atom is 0.0561 e. The predicted molar refractivity (Wildman–Crippen MR) is 186 cm³/mol. The van der Waals surface area contributed by atoms with Crippen molar-refractivity contribution >= 4 is 38.9 Å². The van der Waals surface area contributed by atoms with Crippen LogP contribution in [0.1, 0.15) is 0 Å². The lowest BCUT2D eigenvalue weighted by Gasteiger charge is -2.26. The van der Waals surface area contributed by atoms with E-state index in [1.165, 1.54) is 44.1 Å². The fourth-order valence-electron chi connectivity index (χ4n) is 6.29. The van der Waals surface area contributed by atoms with Gasteiger partial charge in [0, 0.05) is 33.5 Å². The van der Waals surface area contributed by atoms with Crippen molar-refractivity contribution in [2.45, 2.75) is 0 Å². The molecule has 0 saturated heterocycles. The van der Waals surface area contributed by atoms with Gasteiger partial charge in [0.15, 0.2) is 0 Å². The Balaban J connectivity index is 1.36. The quantitative estimate of drug-likeness (QED) is 0.196. The summed E-state index contributed by atoms with van der Waals surface area (Å²) >= 11 is 0. The molecule has 0 saturated carbocycles. The maximum absolute atomic E-state index is 2.41. The number of para-hydroxylation sites is 2. The molecule has 0 spiro atoms. The van der Waals surface area contributed by atoms with Gasteiger partial charge in [-0.3, -0.25) is 0 Å². The largest absolute Gasteiger partial charge is 0.310 e. The van der Waals surface area contributed by atoms with Crippen LogP contribution >= 0.6 is 0 Å². The molecule has 0 aliphatic rings. The number of hydrogen-bond acceptors (Lipinski definition) is 1. The zero-order chi connectivity index (χ0) is 29.3. The molecule has 7 aromatic carbocycles. The fourth-order valence-corrected chi connectivity index (χ4v) is 6.29. The van der Waals surface area contributed by atoms with E-state index in [4.69, 9.17) is 0 Å². The summed E-state index contributed by atoms with van der Waals surface area (Å²) in [7, 11) is 0. The van der Waals surface area contributed by atoms with Crippen LogP contribution in [0.4, 0.5) is 17.1 Å². The fraction of sp³-hybridized carbons (Fsp3) is 0. The highest BCUT2D eigenvalue weighted by atomic mass is 15.1. The minimum atomic E-state index is 1.11. The van der Waals surface area contributed by atoms with Crippen molar-refractivity contribution < 1.29 is 0 Å². The van der Waals surface area contributed by atoms with Crippen LogP contribution in [0.2, 0.25) is 0 Å². The summed E-state index contributed by atoms with van der Waals surface area (Å²) in [5.41, 5.74) is 11.7. The number of anilines is 3. The average molecular weight is 563 g/mol. The first-order chi connectivity index (χ1) is 21.8. The van der Waals surface area contributed by atoms with Crippen LogP contribution in [0.3, 0.4) is 0 Å². The van der Waals surface area contributed by atoms with Gasteiger partial charge in [-0.05, 0) is 76.9 Å². The standard InChI is InChI=1S/C42H30N2/c1-5-14-31(15-6-1)33-18-13-23-37(28-33)43(35-19-9-3-10-20-35)38-25-27-40-39-26-24-34(32-16-7-2-8-17-32)29-41(39)44(42(40)30-38)36-21-11-4-12-22-36/h1-30H. The Morgan fingerprint density at radius 2 is 0.795 bits per heavy atom. The van der Waals surface area contributed by atoms with Crippen molar-refractivity contribution in [3.63, 3.8) is 0 Å². The Morgan fingerprint density at radius 1 is 0.318 bits per heavy atom. The van der Waals surface area contributed by atoms with E-state index in [1.54, 1.807) is 0 Å². The van der Waals surface area contributed by atoms with Gasteiger partial charge < -0.3 is 9.47 Å². The molecular weight excluding hydrogens is 532 g/mol. The molecule has 2 heteroatoms. The molecule has 1 aromatic heterocycles. The second-order valence-corrected chi connectivity index (χ2v) is 11.1. The van der Waals surface area contributed by atoms with E-state index in [9.17, 15) is 0 Å². The lowest BCUT2D eigenvalue weighted by atomic mass is 10.0. The average Bonchev–Trinajstić information content (AvgIpc) is 3.43. The van der Waals surface area contributed by atoms with Crippen molar-refractivity contribution in [2.75, 3.05) is 4.90 Å². The highest BCUT2D eigenvalue weighted by Crippen LogP contribution is 2.41. The molecule has 8 rings (SSSR count). The summed E-state index contributed by atoms with van der Waals surface area (Å²) in [4.78, 5) is 2.36. The van der Waals surface area contributed by atoms with E-state index < -0.39 is 0 Å². The molecule has 0 radical (unpaired) electrons. The van der Waals surface area contributed by atoms with E-state index in [2.05, 4.69) is 191 Å². The summed E-state index contributed by atoms with van der Waals surface area (Å²) < 4.78 is 2.41. The summed E-state index contributed by atoms with van der Waals surface area (Å²) in [6, 6.07) is 65.1. The zero-order valence-corrected chi connectivity index (χ0v) is 24.2. The van der Waals surface area contributed by atoms with Gasteiger partial charge in [-0.1, -0.05) is 127 Å². The molecule has 0 aliphatic heterocycles. The monoisotopic (exact) mass is 562 g/mol. The number of hydrogen-bond donors (Lipinski definition) is 0. The molecule has 0 bridgehead atoms. The third kappa shape index (κ3) is 4.63. The maximum atomic E-state index is 2.41. The first kappa shape index (κ1) is 25.8. The van der Waals surface area contributed by atoms with Crippen molar-refractivity contribution in [3.8, 4) is 27.9 Å². The third-order valence-electron chi connectivity index (χ3n) is 8.36. The van der Waals surface area contributed by atoms with Gasteiger partial charge in [0.05, 0.1) is 11.0 Å². The van der Waals surface area contributed by atoms with E-state index in [1.807, 2.05) is 0 Å². The minimum absolute atomic E-state index is 1.11. The van der Waals surface area contributed by atoms with E-state index in [0.717, 1.165) is 22.7 Å². The van der Waals surface area contributed by atoms with Crippen molar-refractivity contribution in [3.05, 3.63) is 182 Å². The first-order valence-electron chi connectivity index (χ1n) is 15.0. The van der Waals surface area contributed by atoms with Gasteiger partial charge in [-0.15, -0.1) is 0 Å². The van der Waals surface area contributed by atoms with Crippen LogP contribution in [0.15, 0.2) is 182 Å². The molecule has 208 valence electrons. The second kappa shape index (κ2) is 11.1. The molecular formula is C42H30N2. The van der Waals surface area contributed by atoms with Crippen molar-refractivity contribution in [2.24, 2.45) is 0 Å². The van der Waals surface area contributed by atoms with Gasteiger partial charge in [0.25, 0.3) is 0 Å². The second-order valence-electron chi connectivity index (χ2n) is 11.1. The lowest BCUT2D eigenvalue weighted by Crippen LogP contribution is -2.10. The Bertz CT molecular complexity index is 2200. The predicted octanol–water partition coefficient (Wildman–Crippen LogP) is 11.6. The van der Waals surface area contributed by atoms with Gasteiger partial charge in [0.2, 0.25) is 0 Å². The van der Waals surface area contributed by atoms with Gasteiger partial charge in [-0.25, -0.2) is 0 Å². The Kier molecular flexibility index (Phi) is 6.51. The Labute approximate surface area is 257 Å². The number of benzene rings is 7. The molecule has 8 aromatic rings. The van der Waals surface area contributed by atoms with Crippen LogP contribution in [-0.4, -0.2) is 4.57 Å². The molecule has 0 N–H and O–H groups in total. The number of nitrogens with zero attached hydrogens (tertiary/aromatic N) is 2. The molecule has 2 nitrogen and oxygen atoms in total. The van der Waals surface area contributed by atoms with Crippen LogP contribution in [0.25, 0.3) is 49.7 Å². The van der Waals surface area contributed by atoms with Crippen LogP contribution in [-0.2, 0) is 0 Å².